The molecule has 0 aromatic heterocycles. The smallest absolute Gasteiger partial charge is 0.261 e. The summed E-state index contributed by atoms with van der Waals surface area (Å²) in [5.41, 5.74) is 10.1. The van der Waals surface area contributed by atoms with E-state index in [1.165, 1.54) is 0 Å². The molecule has 3 amide bonds. The molecule has 4 rings (SSSR count). The number of hydrogen-bond donors (Lipinski definition) is 1. The van der Waals surface area contributed by atoms with E-state index in [1.807, 2.05) is 0 Å². The minimum Gasteiger partial charge on any atom is -0.325 e. The summed E-state index contributed by atoms with van der Waals surface area (Å²) in [6.45, 7) is 8.28. The minimum atomic E-state index is -0.923. The molecule has 0 bridgehead atoms. The summed E-state index contributed by atoms with van der Waals surface area (Å²) in [5, 5.41) is 7.23. The quantitative estimate of drug-likeness (QED) is 0.184. The Kier molecular flexibility index (Phi) is 6.78. The van der Waals surface area contributed by atoms with Crippen LogP contribution in [0.15, 0.2) is 57.7 Å². The van der Waals surface area contributed by atoms with E-state index in [1.54, 1.807) is 65.0 Å². The van der Waals surface area contributed by atoms with Crippen LogP contribution in [-0.4, -0.2) is 47.3 Å². The number of rotatable bonds is 7. The van der Waals surface area contributed by atoms with Gasteiger partial charge < -0.3 is 5.32 Å². The van der Waals surface area contributed by atoms with Crippen LogP contribution in [0, 0.1) is 5.41 Å². The number of nitrogens with zero attached hydrogens (tertiary/aromatic N) is 4. The maximum absolute atomic E-state index is 13.2. The molecule has 1 heterocycles. The van der Waals surface area contributed by atoms with Crippen molar-refractivity contribution in [2.24, 2.45) is 10.5 Å². The zero-order valence-electron chi connectivity index (χ0n) is 21.8. The summed E-state index contributed by atoms with van der Waals surface area (Å²) in [7, 11) is 0. The Morgan fingerprint density at radius 1 is 0.947 bits per heavy atom. The highest BCUT2D eigenvalue weighted by Gasteiger charge is 2.39. The number of allylic oxidation sites excluding steroid dienone is 4. The van der Waals surface area contributed by atoms with Crippen molar-refractivity contribution < 1.29 is 24.0 Å². The molecule has 2 aliphatic rings. The molecule has 0 saturated heterocycles. The van der Waals surface area contributed by atoms with E-state index in [0.717, 1.165) is 4.90 Å². The fraction of sp³-hybridized carbons (Fsp3) is 0.321. The van der Waals surface area contributed by atoms with Crippen molar-refractivity contribution in [2.75, 3.05) is 18.4 Å². The third-order valence-electron chi connectivity index (χ3n) is 7.22. The Morgan fingerprint density at radius 2 is 1.58 bits per heavy atom. The average molecular weight is 514 g/mol. The Hall–Kier alpha value is -4.56. The van der Waals surface area contributed by atoms with Crippen LogP contribution in [0.3, 0.4) is 0 Å². The van der Waals surface area contributed by atoms with E-state index in [0.29, 0.717) is 49.9 Å². The Morgan fingerprint density at radius 3 is 2.24 bits per heavy atom. The first-order valence-corrected chi connectivity index (χ1v) is 12.1. The number of carbonyl (C=O) groups excluding carboxylic acids is 5. The van der Waals surface area contributed by atoms with Gasteiger partial charge in [0.1, 0.15) is 0 Å². The monoisotopic (exact) mass is 513 g/mol. The van der Waals surface area contributed by atoms with Crippen molar-refractivity contribution >= 4 is 45.7 Å². The van der Waals surface area contributed by atoms with Crippen LogP contribution >= 0.6 is 0 Å². The number of azide groups is 1. The van der Waals surface area contributed by atoms with Gasteiger partial charge in [-0.1, -0.05) is 31.1 Å². The molecule has 1 aliphatic carbocycles. The number of nitrogens with one attached hydrogen (secondary N) is 1. The molecule has 38 heavy (non-hydrogen) atoms. The maximum Gasteiger partial charge on any atom is 0.261 e. The van der Waals surface area contributed by atoms with Gasteiger partial charge in [0.05, 0.1) is 0 Å². The Bertz CT molecular complexity index is 1550. The van der Waals surface area contributed by atoms with Gasteiger partial charge in [0.15, 0.2) is 11.6 Å². The standard InChI is InChI=1S/C28H27N5O5/c1-14-15(2)25(36)23(16(3)24(14)35)28(4,5)13-21(34)31-20-10-9-19-22-17(20)7-6-8-18(22)26(37)33(27(19)38)12-11-30-32-29/h6-10H,11-13H2,1-5H3,(H,31,34). The molecule has 0 unspecified atom stereocenters. The summed E-state index contributed by atoms with van der Waals surface area (Å²) < 4.78 is 0. The number of imide groups is 1. The van der Waals surface area contributed by atoms with Crippen LogP contribution < -0.4 is 5.32 Å². The van der Waals surface area contributed by atoms with Gasteiger partial charge in [0, 0.05) is 79.7 Å². The number of anilines is 1. The molecular weight excluding hydrogens is 486 g/mol. The zero-order valence-corrected chi connectivity index (χ0v) is 21.8. The van der Waals surface area contributed by atoms with Crippen molar-refractivity contribution in [1.29, 1.82) is 0 Å². The molecule has 10 heteroatoms. The molecule has 1 aliphatic heterocycles. The second-order valence-corrected chi connectivity index (χ2v) is 10.1. The van der Waals surface area contributed by atoms with Crippen LogP contribution in [0.4, 0.5) is 5.69 Å². The fourth-order valence-electron chi connectivity index (χ4n) is 5.24. The molecule has 0 spiro atoms. The van der Waals surface area contributed by atoms with Gasteiger partial charge in [-0.05, 0) is 44.5 Å². The lowest BCUT2D eigenvalue weighted by Gasteiger charge is -2.31. The maximum atomic E-state index is 13.2. The second kappa shape index (κ2) is 9.72. The van der Waals surface area contributed by atoms with E-state index >= 15 is 0 Å². The zero-order chi connectivity index (χ0) is 27.9. The molecule has 1 N–H and O–H groups in total. The van der Waals surface area contributed by atoms with Gasteiger partial charge in [-0.15, -0.1) is 0 Å². The van der Waals surface area contributed by atoms with Crippen LogP contribution in [0.5, 0.6) is 0 Å². The summed E-state index contributed by atoms with van der Waals surface area (Å²) in [5.74, 6) is -1.83. The number of benzene rings is 2. The lowest BCUT2D eigenvalue weighted by atomic mass is 9.71. The molecule has 0 atom stereocenters. The van der Waals surface area contributed by atoms with Gasteiger partial charge >= 0.3 is 0 Å². The Balaban J connectivity index is 1.64. The summed E-state index contributed by atoms with van der Waals surface area (Å²) >= 11 is 0. The van der Waals surface area contributed by atoms with Crippen molar-refractivity contribution in [3.63, 3.8) is 0 Å². The molecule has 194 valence electrons. The number of Topliss-reactive ketones (excluding diaryl/α,β-unsaturated/α-hetero) is 2. The first-order valence-electron chi connectivity index (χ1n) is 12.1. The summed E-state index contributed by atoms with van der Waals surface area (Å²) in [4.78, 5) is 68.7. The highest BCUT2D eigenvalue weighted by Crippen LogP contribution is 2.40. The van der Waals surface area contributed by atoms with Crippen molar-refractivity contribution in [2.45, 2.75) is 41.0 Å². The third-order valence-corrected chi connectivity index (χ3v) is 7.22. The van der Waals surface area contributed by atoms with Crippen LogP contribution in [0.1, 0.15) is 61.8 Å². The predicted molar refractivity (Wildman–Crippen MR) is 141 cm³/mol. The van der Waals surface area contributed by atoms with Gasteiger partial charge in [0.25, 0.3) is 11.8 Å². The van der Waals surface area contributed by atoms with Crippen LogP contribution in [0.2, 0.25) is 0 Å². The van der Waals surface area contributed by atoms with Crippen molar-refractivity contribution in [3.8, 4) is 0 Å². The number of hydrogen-bond acceptors (Lipinski definition) is 6. The molecule has 2 aromatic rings. The molecular formula is C28H27N5O5. The topological polar surface area (TPSA) is 149 Å². The second-order valence-electron chi connectivity index (χ2n) is 10.1. The molecule has 0 fully saturated rings. The lowest BCUT2D eigenvalue weighted by molar-refractivity contribution is -0.119. The first-order chi connectivity index (χ1) is 17.9. The number of carbonyl (C=O) groups is 5. The summed E-state index contributed by atoms with van der Waals surface area (Å²) in [6, 6.07) is 8.13. The van der Waals surface area contributed by atoms with E-state index in [2.05, 4.69) is 15.3 Å². The van der Waals surface area contributed by atoms with E-state index in [4.69, 9.17) is 5.53 Å². The lowest BCUT2D eigenvalue weighted by Crippen LogP contribution is -2.41. The van der Waals surface area contributed by atoms with E-state index < -0.39 is 17.2 Å². The first kappa shape index (κ1) is 26.5. The molecule has 0 saturated carbocycles. The van der Waals surface area contributed by atoms with Gasteiger partial charge in [-0.2, -0.15) is 0 Å². The normalized spacial score (nSPS) is 15.9. The van der Waals surface area contributed by atoms with Gasteiger partial charge in [-0.25, -0.2) is 0 Å². The highest BCUT2D eigenvalue weighted by atomic mass is 16.2. The van der Waals surface area contributed by atoms with Crippen molar-refractivity contribution in [3.05, 3.63) is 74.2 Å². The SMILES string of the molecule is CC1=C(C)C(=O)C(C(C)(C)CC(=O)Nc2ccc3c4c(cccc24)C(=O)N(CCN=[N+]=[N-])C3=O)=C(C)C1=O. The molecule has 10 nitrogen and oxygen atoms in total. The predicted octanol–water partition coefficient (Wildman–Crippen LogP) is 4.91. The van der Waals surface area contributed by atoms with Crippen LogP contribution in [-0.2, 0) is 14.4 Å². The highest BCUT2D eigenvalue weighted by molar-refractivity contribution is 6.27. The average Bonchev–Trinajstić information content (AvgIpc) is 2.87. The van der Waals surface area contributed by atoms with Crippen molar-refractivity contribution in [1.82, 2.24) is 4.90 Å². The third kappa shape index (κ3) is 4.29. The number of ketones is 2. The van der Waals surface area contributed by atoms with E-state index in [-0.39, 0.29) is 37.0 Å². The summed E-state index contributed by atoms with van der Waals surface area (Å²) in [6.07, 6.45) is -0.0704. The largest absolute Gasteiger partial charge is 0.325 e. The Labute approximate surface area is 219 Å². The molecule has 0 radical (unpaired) electrons. The van der Waals surface area contributed by atoms with Crippen LogP contribution in [0.25, 0.3) is 21.2 Å². The van der Waals surface area contributed by atoms with E-state index in [9.17, 15) is 24.0 Å². The molecule has 2 aromatic carbocycles. The van der Waals surface area contributed by atoms with Gasteiger partial charge in [-0.3, -0.25) is 28.9 Å². The fourth-order valence-corrected chi connectivity index (χ4v) is 5.24. The minimum absolute atomic E-state index is 0.0396. The van der Waals surface area contributed by atoms with Gasteiger partial charge in [0.2, 0.25) is 5.91 Å². The number of amides is 3.